The molecule has 1 aromatic rings. The van der Waals surface area contributed by atoms with E-state index in [4.69, 9.17) is 4.52 Å². The number of aromatic nitrogens is 1. The number of carbonyl (C=O) groups is 2. The molecule has 0 unspecified atom stereocenters. The van der Waals surface area contributed by atoms with Crippen LogP contribution in [0.25, 0.3) is 0 Å². The Hall–Kier alpha value is -1.85. The number of fused-ring (bicyclic) bond motifs is 1. The standard InChI is InChI=1S/C15H20N2O4/c1-9-12(10(2)21-16-9)6-13(18)17-7-11-4-3-5-15(11,8-17)14(19)20/h11H,3-8H2,1-2H3,(H,19,20)/t11-,15+/m0/s1. The van der Waals surface area contributed by atoms with Gasteiger partial charge in [0, 0.05) is 18.7 Å². The van der Waals surface area contributed by atoms with E-state index in [-0.39, 0.29) is 18.2 Å². The fourth-order valence-corrected chi connectivity index (χ4v) is 3.85. The number of carbonyl (C=O) groups excluding carboxylic acids is 1. The number of likely N-dealkylation sites (tertiary alicyclic amines) is 1. The number of hydrogen-bond acceptors (Lipinski definition) is 4. The first-order valence-corrected chi connectivity index (χ1v) is 7.37. The molecule has 1 aliphatic heterocycles. The summed E-state index contributed by atoms with van der Waals surface area (Å²) in [5.74, 6) is -0.0196. The van der Waals surface area contributed by atoms with Crippen LogP contribution in [0.2, 0.25) is 0 Å². The largest absolute Gasteiger partial charge is 0.481 e. The van der Waals surface area contributed by atoms with Crippen molar-refractivity contribution in [2.45, 2.75) is 39.5 Å². The number of amides is 1. The van der Waals surface area contributed by atoms with Crippen molar-refractivity contribution < 1.29 is 19.2 Å². The Kier molecular flexibility index (Phi) is 3.26. The highest BCUT2D eigenvalue weighted by atomic mass is 16.5. The maximum Gasteiger partial charge on any atom is 0.311 e. The molecule has 1 aliphatic carbocycles. The molecule has 2 heterocycles. The number of hydrogen-bond donors (Lipinski definition) is 1. The lowest BCUT2D eigenvalue weighted by Crippen LogP contribution is -2.37. The topological polar surface area (TPSA) is 83.6 Å². The summed E-state index contributed by atoms with van der Waals surface area (Å²) in [6.07, 6.45) is 2.77. The minimum Gasteiger partial charge on any atom is -0.481 e. The fraction of sp³-hybridized carbons (Fsp3) is 0.667. The zero-order chi connectivity index (χ0) is 15.2. The highest BCUT2D eigenvalue weighted by Gasteiger charge is 2.55. The van der Waals surface area contributed by atoms with Crippen molar-refractivity contribution in [3.63, 3.8) is 0 Å². The average Bonchev–Trinajstić information content (AvgIpc) is 3.06. The molecule has 1 saturated heterocycles. The van der Waals surface area contributed by atoms with Gasteiger partial charge in [-0.25, -0.2) is 0 Å². The number of nitrogens with zero attached hydrogens (tertiary/aromatic N) is 2. The molecule has 0 spiro atoms. The maximum atomic E-state index is 12.5. The molecular weight excluding hydrogens is 272 g/mol. The molecule has 114 valence electrons. The molecule has 0 radical (unpaired) electrons. The molecule has 2 fully saturated rings. The van der Waals surface area contributed by atoms with E-state index in [1.165, 1.54) is 0 Å². The van der Waals surface area contributed by atoms with Crippen LogP contribution < -0.4 is 0 Å². The van der Waals surface area contributed by atoms with Crippen molar-refractivity contribution in [3.8, 4) is 0 Å². The van der Waals surface area contributed by atoms with Gasteiger partial charge in [-0.15, -0.1) is 0 Å². The molecule has 2 aliphatic rings. The Labute approximate surface area is 123 Å². The van der Waals surface area contributed by atoms with Crippen molar-refractivity contribution in [2.75, 3.05) is 13.1 Å². The fourth-order valence-electron chi connectivity index (χ4n) is 3.85. The minimum atomic E-state index is -0.752. The van der Waals surface area contributed by atoms with Crippen LogP contribution in [0.3, 0.4) is 0 Å². The lowest BCUT2D eigenvalue weighted by molar-refractivity contribution is -0.149. The second kappa shape index (κ2) is 4.86. The van der Waals surface area contributed by atoms with E-state index in [1.807, 2.05) is 6.92 Å². The molecule has 3 rings (SSSR count). The highest BCUT2D eigenvalue weighted by molar-refractivity contribution is 5.83. The van der Waals surface area contributed by atoms with Crippen LogP contribution in [0.15, 0.2) is 4.52 Å². The molecule has 1 aromatic heterocycles. The third-order valence-electron chi connectivity index (χ3n) is 5.16. The first-order valence-electron chi connectivity index (χ1n) is 7.37. The van der Waals surface area contributed by atoms with Gasteiger partial charge in [0.15, 0.2) is 0 Å². The van der Waals surface area contributed by atoms with E-state index < -0.39 is 11.4 Å². The summed E-state index contributed by atoms with van der Waals surface area (Å²) in [4.78, 5) is 25.8. The summed E-state index contributed by atoms with van der Waals surface area (Å²) < 4.78 is 5.08. The second-order valence-electron chi connectivity index (χ2n) is 6.30. The molecule has 1 N–H and O–H groups in total. The number of carboxylic acid groups (broad SMARTS) is 1. The van der Waals surface area contributed by atoms with Crippen molar-refractivity contribution in [2.24, 2.45) is 11.3 Å². The van der Waals surface area contributed by atoms with Crippen LogP contribution >= 0.6 is 0 Å². The second-order valence-corrected chi connectivity index (χ2v) is 6.30. The molecule has 0 bridgehead atoms. The number of aryl methyl sites for hydroxylation is 2. The van der Waals surface area contributed by atoms with E-state index in [2.05, 4.69) is 5.16 Å². The highest BCUT2D eigenvalue weighted by Crippen LogP contribution is 2.48. The molecule has 1 amide bonds. The Balaban J connectivity index is 1.75. The monoisotopic (exact) mass is 292 g/mol. The van der Waals surface area contributed by atoms with Gasteiger partial charge in [-0.3, -0.25) is 9.59 Å². The van der Waals surface area contributed by atoms with Gasteiger partial charge in [0.25, 0.3) is 0 Å². The van der Waals surface area contributed by atoms with E-state index in [1.54, 1.807) is 11.8 Å². The van der Waals surface area contributed by atoms with Gasteiger partial charge in [-0.1, -0.05) is 11.6 Å². The normalized spacial score (nSPS) is 27.9. The van der Waals surface area contributed by atoms with Crippen LogP contribution in [0.1, 0.15) is 36.3 Å². The summed E-state index contributed by atoms with van der Waals surface area (Å²) >= 11 is 0. The first kappa shape index (κ1) is 14.1. The average molecular weight is 292 g/mol. The number of rotatable bonds is 3. The van der Waals surface area contributed by atoms with Crippen molar-refractivity contribution in [3.05, 3.63) is 17.0 Å². The Morgan fingerprint density at radius 2 is 2.24 bits per heavy atom. The Morgan fingerprint density at radius 1 is 1.48 bits per heavy atom. The molecule has 21 heavy (non-hydrogen) atoms. The van der Waals surface area contributed by atoms with Crippen molar-refractivity contribution in [1.29, 1.82) is 0 Å². The molecule has 0 aromatic carbocycles. The zero-order valence-corrected chi connectivity index (χ0v) is 12.4. The third-order valence-corrected chi connectivity index (χ3v) is 5.16. The van der Waals surface area contributed by atoms with E-state index in [0.29, 0.717) is 25.3 Å². The van der Waals surface area contributed by atoms with Gasteiger partial charge in [-0.2, -0.15) is 0 Å². The summed E-state index contributed by atoms with van der Waals surface area (Å²) in [5.41, 5.74) is 0.837. The Bertz CT molecular complexity index is 575. The van der Waals surface area contributed by atoms with Gasteiger partial charge in [-0.05, 0) is 32.6 Å². The van der Waals surface area contributed by atoms with Crippen molar-refractivity contribution in [1.82, 2.24) is 10.1 Å². The van der Waals surface area contributed by atoms with Crippen LogP contribution in [0, 0.1) is 25.2 Å². The quantitative estimate of drug-likeness (QED) is 0.913. The molecule has 6 heteroatoms. The summed E-state index contributed by atoms with van der Waals surface area (Å²) in [5, 5.41) is 13.4. The van der Waals surface area contributed by atoms with Crippen molar-refractivity contribution >= 4 is 11.9 Å². The predicted octanol–water partition coefficient (Wildman–Crippen LogP) is 1.55. The summed E-state index contributed by atoms with van der Waals surface area (Å²) in [6.45, 7) is 4.51. The molecule has 2 atom stereocenters. The Morgan fingerprint density at radius 3 is 2.81 bits per heavy atom. The van der Waals surface area contributed by atoms with Gasteiger partial charge in [0.1, 0.15) is 5.76 Å². The van der Waals surface area contributed by atoms with E-state index in [9.17, 15) is 14.7 Å². The van der Waals surface area contributed by atoms with Gasteiger partial charge < -0.3 is 14.5 Å². The third kappa shape index (κ3) is 2.13. The van der Waals surface area contributed by atoms with E-state index >= 15 is 0 Å². The van der Waals surface area contributed by atoms with Crippen LogP contribution in [-0.4, -0.2) is 40.1 Å². The van der Waals surface area contributed by atoms with Gasteiger partial charge >= 0.3 is 5.97 Å². The minimum absolute atomic E-state index is 0.0283. The summed E-state index contributed by atoms with van der Waals surface area (Å²) in [7, 11) is 0. The predicted molar refractivity (Wildman–Crippen MR) is 73.7 cm³/mol. The van der Waals surface area contributed by atoms with Crippen LogP contribution in [-0.2, 0) is 16.0 Å². The molecular formula is C15H20N2O4. The van der Waals surface area contributed by atoms with Gasteiger partial charge in [0.2, 0.25) is 5.91 Å². The van der Waals surface area contributed by atoms with E-state index in [0.717, 1.165) is 24.1 Å². The molecule has 6 nitrogen and oxygen atoms in total. The lowest BCUT2D eigenvalue weighted by atomic mass is 9.81. The first-order chi connectivity index (χ1) is 9.94. The van der Waals surface area contributed by atoms with Gasteiger partial charge in [0.05, 0.1) is 17.5 Å². The van der Waals surface area contributed by atoms with Crippen LogP contribution in [0.4, 0.5) is 0 Å². The van der Waals surface area contributed by atoms with Crippen LogP contribution in [0.5, 0.6) is 0 Å². The number of carboxylic acids is 1. The molecule has 1 saturated carbocycles. The summed E-state index contributed by atoms with van der Waals surface area (Å²) in [6, 6.07) is 0. The number of aliphatic carboxylic acids is 1. The maximum absolute atomic E-state index is 12.5. The smallest absolute Gasteiger partial charge is 0.311 e. The zero-order valence-electron chi connectivity index (χ0n) is 12.4. The SMILES string of the molecule is Cc1noc(C)c1CC(=O)N1C[C@@H]2CCC[C@@]2(C(=O)O)C1. The lowest BCUT2D eigenvalue weighted by Gasteiger charge is -2.23.